The van der Waals surface area contributed by atoms with Crippen LogP contribution in [0.5, 0.6) is 0 Å². The molecule has 2 aromatic carbocycles. The van der Waals surface area contributed by atoms with Crippen LogP contribution in [0.3, 0.4) is 0 Å². The van der Waals surface area contributed by atoms with Gasteiger partial charge in [0.2, 0.25) is 5.91 Å². The SMILES string of the molecule is O=C1CS[C@H](c2ccc(Cl)cc2Cl)N1c1cccc(F)c1. The molecular weight excluding hydrogens is 332 g/mol. The largest absolute Gasteiger partial charge is 0.295 e. The number of carbonyl (C=O) groups excluding carboxylic acids is 1. The molecule has 0 aromatic heterocycles. The van der Waals surface area contributed by atoms with Crippen molar-refractivity contribution in [2.75, 3.05) is 10.7 Å². The van der Waals surface area contributed by atoms with Crippen LogP contribution < -0.4 is 4.90 Å². The summed E-state index contributed by atoms with van der Waals surface area (Å²) in [5, 5.41) is 0.760. The highest BCUT2D eigenvalue weighted by molar-refractivity contribution is 8.00. The third-order valence-electron chi connectivity index (χ3n) is 3.18. The summed E-state index contributed by atoms with van der Waals surface area (Å²) in [5.74, 6) is -0.111. The van der Waals surface area contributed by atoms with Crippen molar-refractivity contribution in [3.8, 4) is 0 Å². The molecule has 1 atom stereocenters. The van der Waals surface area contributed by atoms with Crippen LogP contribution in [0.15, 0.2) is 42.5 Å². The van der Waals surface area contributed by atoms with Crippen molar-refractivity contribution >= 4 is 46.6 Å². The maximum atomic E-state index is 13.4. The van der Waals surface area contributed by atoms with Crippen molar-refractivity contribution in [2.24, 2.45) is 0 Å². The van der Waals surface area contributed by atoms with E-state index in [0.29, 0.717) is 21.5 Å². The van der Waals surface area contributed by atoms with Crippen molar-refractivity contribution in [2.45, 2.75) is 5.37 Å². The van der Waals surface area contributed by atoms with Crippen LogP contribution >= 0.6 is 35.0 Å². The van der Waals surface area contributed by atoms with E-state index in [1.54, 1.807) is 35.2 Å². The molecule has 3 rings (SSSR count). The highest BCUT2D eigenvalue weighted by Crippen LogP contribution is 2.44. The van der Waals surface area contributed by atoms with E-state index in [-0.39, 0.29) is 17.1 Å². The Morgan fingerprint density at radius 3 is 2.71 bits per heavy atom. The Morgan fingerprint density at radius 1 is 1.19 bits per heavy atom. The molecule has 0 radical (unpaired) electrons. The molecule has 2 nitrogen and oxygen atoms in total. The van der Waals surface area contributed by atoms with Gasteiger partial charge in [-0.2, -0.15) is 0 Å². The van der Waals surface area contributed by atoms with Gasteiger partial charge in [0.1, 0.15) is 11.2 Å². The van der Waals surface area contributed by atoms with Gasteiger partial charge in [0, 0.05) is 21.3 Å². The average molecular weight is 342 g/mol. The lowest BCUT2D eigenvalue weighted by Gasteiger charge is -2.25. The molecular formula is C15H10Cl2FNOS. The second-order valence-corrected chi connectivity index (χ2v) is 6.48. The van der Waals surface area contributed by atoms with Crippen LogP contribution in [-0.2, 0) is 4.79 Å². The lowest BCUT2D eigenvalue weighted by Crippen LogP contribution is -2.28. The first-order valence-corrected chi connectivity index (χ1v) is 8.01. The fraction of sp³-hybridized carbons (Fsp3) is 0.133. The first-order chi connectivity index (χ1) is 10.1. The smallest absolute Gasteiger partial charge is 0.238 e. The fourth-order valence-electron chi connectivity index (χ4n) is 2.26. The van der Waals surface area contributed by atoms with Crippen LogP contribution in [0.4, 0.5) is 10.1 Å². The number of rotatable bonds is 2. The van der Waals surface area contributed by atoms with Gasteiger partial charge in [-0.15, -0.1) is 11.8 Å². The highest BCUT2D eigenvalue weighted by Gasteiger charge is 2.35. The Kier molecular flexibility index (Phi) is 4.11. The molecule has 0 aliphatic carbocycles. The number of anilines is 1. The lowest BCUT2D eigenvalue weighted by molar-refractivity contribution is -0.115. The Balaban J connectivity index is 2.03. The molecule has 108 valence electrons. The van der Waals surface area contributed by atoms with E-state index in [0.717, 1.165) is 5.56 Å². The third-order valence-corrected chi connectivity index (χ3v) is 4.94. The normalized spacial score (nSPS) is 18.3. The zero-order chi connectivity index (χ0) is 15.0. The van der Waals surface area contributed by atoms with E-state index in [9.17, 15) is 9.18 Å². The summed E-state index contributed by atoms with van der Waals surface area (Å²) in [5.41, 5.74) is 1.32. The first kappa shape index (κ1) is 14.7. The maximum Gasteiger partial charge on any atom is 0.238 e. The standard InChI is InChI=1S/C15H10Cl2FNOS/c16-9-4-5-12(13(17)6-9)15-19(14(20)8-21-15)11-3-1-2-10(18)7-11/h1-7,15H,8H2/t15-/m1/s1. The van der Waals surface area contributed by atoms with E-state index in [1.807, 2.05) is 0 Å². The van der Waals surface area contributed by atoms with Crippen molar-refractivity contribution in [3.63, 3.8) is 0 Å². The van der Waals surface area contributed by atoms with Gasteiger partial charge < -0.3 is 0 Å². The summed E-state index contributed by atoms with van der Waals surface area (Å²) in [6, 6.07) is 11.2. The van der Waals surface area contributed by atoms with Crippen LogP contribution in [0.25, 0.3) is 0 Å². The predicted molar refractivity (Wildman–Crippen MR) is 85.5 cm³/mol. The molecule has 1 amide bonds. The van der Waals surface area contributed by atoms with Crippen LogP contribution in [-0.4, -0.2) is 11.7 Å². The molecule has 0 unspecified atom stereocenters. The van der Waals surface area contributed by atoms with Gasteiger partial charge in [0.25, 0.3) is 0 Å². The number of benzene rings is 2. The third kappa shape index (κ3) is 2.89. The zero-order valence-electron chi connectivity index (χ0n) is 10.7. The molecule has 0 bridgehead atoms. The minimum absolute atomic E-state index is 0.0679. The molecule has 0 N–H and O–H groups in total. The van der Waals surface area contributed by atoms with E-state index in [1.165, 1.54) is 23.9 Å². The van der Waals surface area contributed by atoms with Crippen molar-refractivity contribution in [3.05, 3.63) is 63.9 Å². The number of carbonyl (C=O) groups is 1. The lowest BCUT2D eigenvalue weighted by atomic mass is 10.2. The van der Waals surface area contributed by atoms with Crippen LogP contribution in [0.2, 0.25) is 10.0 Å². The van der Waals surface area contributed by atoms with Gasteiger partial charge in [0.15, 0.2) is 0 Å². The first-order valence-electron chi connectivity index (χ1n) is 6.20. The number of thioether (sulfide) groups is 1. The van der Waals surface area contributed by atoms with Gasteiger partial charge in [-0.25, -0.2) is 4.39 Å². The number of hydrogen-bond acceptors (Lipinski definition) is 2. The van der Waals surface area contributed by atoms with Gasteiger partial charge in [-0.1, -0.05) is 35.3 Å². The fourth-order valence-corrected chi connectivity index (χ4v) is 4.05. The number of nitrogens with zero attached hydrogens (tertiary/aromatic N) is 1. The van der Waals surface area contributed by atoms with Crippen LogP contribution in [0, 0.1) is 5.82 Å². The van der Waals surface area contributed by atoms with Crippen molar-refractivity contribution < 1.29 is 9.18 Å². The Morgan fingerprint density at radius 2 is 2.00 bits per heavy atom. The second-order valence-electron chi connectivity index (χ2n) is 4.57. The summed E-state index contributed by atoms with van der Waals surface area (Å²) >= 11 is 13.6. The van der Waals surface area contributed by atoms with Gasteiger partial charge in [-0.05, 0) is 30.3 Å². The van der Waals surface area contributed by atoms with E-state index >= 15 is 0 Å². The van der Waals surface area contributed by atoms with Crippen LogP contribution in [0.1, 0.15) is 10.9 Å². The quantitative estimate of drug-likeness (QED) is 0.773. The zero-order valence-corrected chi connectivity index (χ0v) is 13.1. The minimum atomic E-state index is -0.377. The summed E-state index contributed by atoms with van der Waals surface area (Å²) in [4.78, 5) is 13.7. The molecule has 1 aliphatic heterocycles. The number of amides is 1. The highest BCUT2D eigenvalue weighted by atomic mass is 35.5. The number of hydrogen-bond donors (Lipinski definition) is 0. The van der Waals surface area contributed by atoms with Gasteiger partial charge in [0.05, 0.1) is 5.75 Å². The molecule has 2 aromatic rings. The van der Waals surface area contributed by atoms with E-state index in [4.69, 9.17) is 23.2 Å². The molecule has 6 heteroatoms. The maximum absolute atomic E-state index is 13.4. The second kappa shape index (κ2) is 5.87. The Hall–Kier alpha value is -1.23. The van der Waals surface area contributed by atoms with E-state index < -0.39 is 0 Å². The Labute approximate surface area is 135 Å². The number of halogens is 3. The summed E-state index contributed by atoms with van der Waals surface area (Å²) in [6.45, 7) is 0. The molecule has 1 saturated heterocycles. The molecule has 1 heterocycles. The molecule has 1 aliphatic rings. The van der Waals surface area contributed by atoms with Gasteiger partial charge in [-0.3, -0.25) is 9.69 Å². The molecule has 1 fully saturated rings. The molecule has 0 saturated carbocycles. The van der Waals surface area contributed by atoms with Crippen molar-refractivity contribution in [1.82, 2.24) is 0 Å². The minimum Gasteiger partial charge on any atom is -0.295 e. The molecule has 0 spiro atoms. The summed E-state index contributed by atoms with van der Waals surface area (Å²) in [7, 11) is 0. The topological polar surface area (TPSA) is 20.3 Å². The molecule has 21 heavy (non-hydrogen) atoms. The average Bonchev–Trinajstić information content (AvgIpc) is 2.80. The monoisotopic (exact) mass is 341 g/mol. The van der Waals surface area contributed by atoms with Crippen molar-refractivity contribution in [1.29, 1.82) is 0 Å². The summed E-state index contributed by atoms with van der Waals surface area (Å²) < 4.78 is 13.4. The predicted octanol–water partition coefficient (Wildman–Crippen LogP) is 4.91. The summed E-state index contributed by atoms with van der Waals surface area (Å²) in [6.07, 6.45) is 0. The van der Waals surface area contributed by atoms with E-state index in [2.05, 4.69) is 0 Å². The van der Waals surface area contributed by atoms with Gasteiger partial charge >= 0.3 is 0 Å². The Bertz CT molecular complexity index is 710.